The Morgan fingerprint density at radius 2 is 1.76 bits per heavy atom. The molecule has 1 N–H and O–H groups in total. The maximum absolute atomic E-state index is 5.37. The first-order valence-corrected chi connectivity index (χ1v) is 8.03. The molecule has 0 spiro atoms. The van der Waals surface area contributed by atoms with Crippen LogP contribution in [0.4, 0.5) is 0 Å². The van der Waals surface area contributed by atoms with Crippen LogP contribution in [-0.2, 0) is 4.74 Å². The summed E-state index contributed by atoms with van der Waals surface area (Å²) in [6, 6.07) is 11.9. The van der Waals surface area contributed by atoms with Gasteiger partial charge in [0, 0.05) is 25.2 Å². The molecule has 0 aliphatic heterocycles. The lowest BCUT2D eigenvalue weighted by molar-refractivity contribution is 0.0407. The van der Waals surface area contributed by atoms with E-state index in [1.807, 2.05) is 0 Å². The van der Waals surface area contributed by atoms with E-state index < -0.39 is 0 Å². The van der Waals surface area contributed by atoms with E-state index in [2.05, 4.69) is 75.3 Å². The van der Waals surface area contributed by atoms with Gasteiger partial charge < -0.3 is 10.1 Å². The fourth-order valence-corrected chi connectivity index (χ4v) is 3.31. The highest BCUT2D eigenvalue weighted by molar-refractivity contribution is 5.21. The summed E-state index contributed by atoms with van der Waals surface area (Å²) in [6.45, 7) is 10.9. The summed E-state index contributed by atoms with van der Waals surface area (Å²) < 4.78 is 5.37. The summed E-state index contributed by atoms with van der Waals surface area (Å²) in [5.74, 6) is 0.557. The fourth-order valence-electron chi connectivity index (χ4n) is 3.31. The van der Waals surface area contributed by atoms with Gasteiger partial charge in [-0.2, -0.15) is 0 Å². The first-order valence-electron chi connectivity index (χ1n) is 8.03. The third-order valence-electron chi connectivity index (χ3n) is 4.22. The number of hydrogen-bond acceptors (Lipinski definition) is 3. The molecular formula is C18H32N2O. The molecule has 0 bridgehead atoms. The van der Waals surface area contributed by atoms with E-state index in [9.17, 15) is 0 Å². The predicted octanol–water partition coefficient (Wildman–Crippen LogP) is 3.33. The number of hydrogen-bond donors (Lipinski definition) is 1. The minimum absolute atomic E-state index is 0.324. The molecule has 1 aromatic rings. The van der Waals surface area contributed by atoms with Gasteiger partial charge in [-0.15, -0.1) is 0 Å². The van der Waals surface area contributed by atoms with E-state index in [0.29, 0.717) is 24.0 Å². The summed E-state index contributed by atoms with van der Waals surface area (Å²) in [6.07, 6.45) is 0. The maximum atomic E-state index is 5.37. The lowest BCUT2D eigenvalue weighted by Gasteiger charge is -2.42. The Balaban J connectivity index is 3.07. The van der Waals surface area contributed by atoms with E-state index in [1.165, 1.54) is 5.56 Å². The van der Waals surface area contributed by atoms with E-state index in [4.69, 9.17) is 4.74 Å². The Bertz CT molecular complexity index is 380. The van der Waals surface area contributed by atoms with Crippen LogP contribution < -0.4 is 5.32 Å². The van der Waals surface area contributed by atoms with Gasteiger partial charge in [-0.1, -0.05) is 51.1 Å². The molecule has 3 nitrogen and oxygen atoms in total. The second kappa shape index (κ2) is 9.19. The molecule has 3 atom stereocenters. The van der Waals surface area contributed by atoms with Gasteiger partial charge in [0.15, 0.2) is 0 Å². The predicted molar refractivity (Wildman–Crippen MR) is 90.6 cm³/mol. The van der Waals surface area contributed by atoms with Gasteiger partial charge in [0.2, 0.25) is 0 Å². The van der Waals surface area contributed by atoms with Crippen LogP contribution in [0.5, 0.6) is 0 Å². The molecule has 0 aliphatic rings. The standard InChI is InChI=1S/C18H32N2O/c1-7-20(15(4)13-21-6)18(14(2)3)17(19-5)16-11-9-8-10-12-16/h8-12,14-15,17-19H,7,13H2,1-6H3. The Morgan fingerprint density at radius 3 is 2.19 bits per heavy atom. The topological polar surface area (TPSA) is 24.5 Å². The Morgan fingerprint density at radius 1 is 1.14 bits per heavy atom. The summed E-state index contributed by atoms with van der Waals surface area (Å²) in [5.41, 5.74) is 1.35. The summed E-state index contributed by atoms with van der Waals surface area (Å²) in [5, 5.41) is 3.53. The quantitative estimate of drug-likeness (QED) is 0.755. The molecular weight excluding hydrogens is 260 g/mol. The number of benzene rings is 1. The smallest absolute Gasteiger partial charge is 0.0615 e. The first kappa shape index (κ1) is 18.1. The number of nitrogens with zero attached hydrogens (tertiary/aromatic N) is 1. The van der Waals surface area contributed by atoms with E-state index >= 15 is 0 Å². The number of nitrogens with one attached hydrogen (secondary N) is 1. The van der Waals surface area contributed by atoms with Crippen molar-refractivity contribution in [3.8, 4) is 0 Å². The van der Waals surface area contributed by atoms with E-state index in [0.717, 1.165) is 13.2 Å². The normalized spacial score (nSPS) is 16.2. The van der Waals surface area contributed by atoms with Crippen molar-refractivity contribution in [2.45, 2.75) is 45.8 Å². The Kier molecular flexibility index (Phi) is 7.94. The number of rotatable bonds is 9. The van der Waals surface area contributed by atoms with Crippen molar-refractivity contribution < 1.29 is 4.74 Å². The van der Waals surface area contributed by atoms with Crippen molar-refractivity contribution in [1.29, 1.82) is 0 Å². The zero-order chi connectivity index (χ0) is 15.8. The Labute approximate surface area is 130 Å². The average Bonchev–Trinajstić information content (AvgIpc) is 2.48. The van der Waals surface area contributed by atoms with Crippen molar-refractivity contribution in [3.05, 3.63) is 35.9 Å². The number of likely N-dealkylation sites (N-methyl/N-ethyl adjacent to an activating group) is 2. The van der Waals surface area contributed by atoms with Gasteiger partial charge in [0.05, 0.1) is 6.61 Å². The van der Waals surface area contributed by atoms with Crippen LogP contribution in [0.2, 0.25) is 0 Å². The van der Waals surface area contributed by atoms with Crippen molar-refractivity contribution >= 4 is 0 Å². The molecule has 0 fully saturated rings. The van der Waals surface area contributed by atoms with Crippen LogP contribution in [0.1, 0.15) is 39.3 Å². The molecule has 0 saturated carbocycles. The van der Waals surface area contributed by atoms with Crippen molar-refractivity contribution in [2.75, 3.05) is 27.3 Å². The molecule has 0 aliphatic carbocycles. The monoisotopic (exact) mass is 292 g/mol. The minimum atomic E-state index is 0.324. The molecule has 3 unspecified atom stereocenters. The van der Waals surface area contributed by atoms with Crippen LogP contribution in [0.15, 0.2) is 30.3 Å². The van der Waals surface area contributed by atoms with Crippen LogP contribution in [0, 0.1) is 5.92 Å². The highest BCUT2D eigenvalue weighted by atomic mass is 16.5. The van der Waals surface area contributed by atoms with Gasteiger partial charge in [-0.05, 0) is 32.0 Å². The lowest BCUT2D eigenvalue weighted by Crippen LogP contribution is -2.51. The van der Waals surface area contributed by atoms with Crippen LogP contribution in [0.3, 0.4) is 0 Å². The molecule has 1 rings (SSSR count). The largest absolute Gasteiger partial charge is 0.383 e. The van der Waals surface area contributed by atoms with Crippen LogP contribution in [0.25, 0.3) is 0 Å². The van der Waals surface area contributed by atoms with Gasteiger partial charge >= 0.3 is 0 Å². The zero-order valence-corrected chi connectivity index (χ0v) is 14.5. The van der Waals surface area contributed by atoms with Crippen LogP contribution in [-0.4, -0.2) is 44.3 Å². The third kappa shape index (κ3) is 4.80. The van der Waals surface area contributed by atoms with Gasteiger partial charge in [0.25, 0.3) is 0 Å². The Hall–Kier alpha value is -0.900. The fraction of sp³-hybridized carbons (Fsp3) is 0.667. The molecule has 0 amide bonds. The summed E-state index contributed by atoms with van der Waals surface area (Å²) in [4.78, 5) is 2.56. The summed E-state index contributed by atoms with van der Waals surface area (Å²) in [7, 11) is 3.84. The molecule has 0 heterocycles. The maximum Gasteiger partial charge on any atom is 0.0615 e. The average molecular weight is 292 g/mol. The van der Waals surface area contributed by atoms with Gasteiger partial charge in [-0.25, -0.2) is 0 Å². The highest BCUT2D eigenvalue weighted by Gasteiger charge is 2.32. The van der Waals surface area contributed by atoms with Crippen molar-refractivity contribution in [2.24, 2.45) is 5.92 Å². The molecule has 0 saturated heterocycles. The van der Waals surface area contributed by atoms with Crippen LogP contribution >= 0.6 is 0 Å². The second-order valence-corrected chi connectivity index (χ2v) is 6.05. The lowest BCUT2D eigenvalue weighted by atomic mass is 9.89. The molecule has 1 aromatic carbocycles. The third-order valence-corrected chi connectivity index (χ3v) is 4.22. The van der Waals surface area contributed by atoms with Gasteiger partial charge in [0.1, 0.15) is 0 Å². The molecule has 0 aromatic heterocycles. The number of ether oxygens (including phenoxy) is 1. The molecule has 0 radical (unpaired) electrons. The molecule has 21 heavy (non-hydrogen) atoms. The van der Waals surface area contributed by atoms with E-state index in [1.54, 1.807) is 7.11 Å². The summed E-state index contributed by atoms with van der Waals surface area (Å²) >= 11 is 0. The minimum Gasteiger partial charge on any atom is -0.383 e. The molecule has 120 valence electrons. The zero-order valence-electron chi connectivity index (χ0n) is 14.5. The molecule has 3 heteroatoms. The first-order chi connectivity index (χ1) is 10.1. The van der Waals surface area contributed by atoms with Crippen molar-refractivity contribution in [1.82, 2.24) is 10.2 Å². The SMILES string of the molecule is CCN(C(C)COC)C(C(C)C)C(NC)c1ccccc1. The van der Waals surface area contributed by atoms with Crippen molar-refractivity contribution in [3.63, 3.8) is 0 Å². The van der Waals surface area contributed by atoms with E-state index in [-0.39, 0.29) is 0 Å². The second-order valence-electron chi connectivity index (χ2n) is 6.05. The number of methoxy groups -OCH3 is 1. The van der Waals surface area contributed by atoms with Gasteiger partial charge in [-0.3, -0.25) is 4.90 Å². The highest BCUT2D eigenvalue weighted by Crippen LogP contribution is 2.28.